The first-order valence-electron chi connectivity index (χ1n) is 10.1. The number of amides is 2. The van der Waals surface area contributed by atoms with E-state index < -0.39 is 0 Å². The average molecular weight is 481 g/mol. The first-order valence-corrected chi connectivity index (χ1v) is 10.9. The summed E-state index contributed by atoms with van der Waals surface area (Å²) in [4.78, 5) is 23.9. The van der Waals surface area contributed by atoms with E-state index in [0.717, 1.165) is 16.5 Å². The van der Waals surface area contributed by atoms with Gasteiger partial charge in [0.1, 0.15) is 5.75 Å². The molecule has 0 bridgehead atoms. The summed E-state index contributed by atoms with van der Waals surface area (Å²) >= 11 is 3.49. The summed E-state index contributed by atoms with van der Waals surface area (Å²) in [5, 5.41) is 5.50. The monoisotopic (exact) mass is 480 g/mol. The van der Waals surface area contributed by atoms with E-state index >= 15 is 0 Å². The molecular weight excluding hydrogens is 456 g/mol. The highest BCUT2D eigenvalue weighted by atomic mass is 79.9. The number of rotatable bonds is 9. The number of aryl methyl sites for hydroxylation is 1. The first kappa shape index (κ1) is 22.6. The standard InChI is InChI=1S/C25H25BrN2O3/c1-27-24(29)14-9-19-7-11-21(12-8-19)28-25(30)20-10-13-23(22(26)17-20)31-16-15-18-5-3-2-4-6-18/h2-8,10-13,17H,9,14-16H2,1H3,(H,27,29)(H,28,30). The molecule has 0 spiro atoms. The van der Waals surface area contributed by atoms with E-state index in [0.29, 0.717) is 36.4 Å². The Hall–Kier alpha value is -3.12. The minimum absolute atomic E-state index is 0.00967. The van der Waals surface area contributed by atoms with Crippen molar-refractivity contribution in [2.75, 3.05) is 19.0 Å². The van der Waals surface area contributed by atoms with E-state index in [-0.39, 0.29) is 11.8 Å². The normalized spacial score (nSPS) is 10.4. The topological polar surface area (TPSA) is 67.4 Å². The number of anilines is 1. The summed E-state index contributed by atoms with van der Waals surface area (Å²) in [7, 11) is 1.63. The number of hydrogen-bond donors (Lipinski definition) is 2. The zero-order valence-corrected chi connectivity index (χ0v) is 18.9. The maximum absolute atomic E-state index is 12.6. The van der Waals surface area contributed by atoms with Crippen molar-refractivity contribution in [3.63, 3.8) is 0 Å². The molecule has 0 saturated carbocycles. The van der Waals surface area contributed by atoms with Gasteiger partial charge in [0, 0.05) is 31.1 Å². The number of ether oxygens (including phenoxy) is 1. The van der Waals surface area contributed by atoms with Crippen molar-refractivity contribution in [1.82, 2.24) is 5.32 Å². The van der Waals surface area contributed by atoms with Crippen molar-refractivity contribution in [3.05, 3.63) is 94.0 Å². The van der Waals surface area contributed by atoms with Crippen molar-refractivity contribution in [2.45, 2.75) is 19.3 Å². The lowest BCUT2D eigenvalue weighted by Gasteiger charge is -2.11. The van der Waals surface area contributed by atoms with Crippen LogP contribution < -0.4 is 15.4 Å². The summed E-state index contributed by atoms with van der Waals surface area (Å²) in [5.74, 6) is 0.512. The van der Waals surface area contributed by atoms with Crippen LogP contribution in [0.5, 0.6) is 5.75 Å². The molecule has 0 aliphatic carbocycles. The van der Waals surface area contributed by atoms with Crippen molar-refractivity contribution in [2.24, 2.45) is 0 Å². The number of halogens is 1. The second-order valence-corrected chi connectivity index (χ2v) is 7.91. The second kappa shape index (κ2) is 11.3. The van der Waals surface area contributed by atoms with Crippen LogP contribution in [-0.2, 0) is 17.6 Å². The van der Waals surface area contributed by atoms with Crippen molar-refractivity contribution in [3.8, 4) is 5.75 Å². The molecule has 0 atom stereocenters. The lowest BCUT2D eigenvalue weighted by atomic mass is 10.1. The van der Waals surface area contributed by atoms with E-state index in [9.17, 15) is 9.59 Å². The zero-order chi connectivity index (χ0) is 22.1. The molecule has 0 aliphatic rings. The summed E-state index contributed by atoms with van der Waals surface area (Å²) in [6.07, 6.45) is 1.91. The molecule has 2 amide bonds. The van der Waals surface area contributed by atoms with Gasteiger partial charge in [0.05, 0.1) is 11.1 Å². The second-order valence-electron chi connectivity index (χ2n) is 7.05. The van der Waals surface area contributed by atoms with Crippen molar-refractivity contribution in [1.29, 1.82) is 0 Å². The van der Waals surface area contributed by atoms with Crippen LogP contribution in [0.15, 0.2) is 77.3 Å². The molecule has 0 unspecified atom stereocenters. The highest BCUT2D eigenvalue weighted by Gasteiger charge is 2.10. The third-order valence-corrected chi connectivity index (χ3v) is 5.44. The highest BCUT2D eigenvalue weighted by molar-refractivity contribution is 9.10. The highest BCUT2D eigenvalue weighted by Crippen LogP contribution is 2.26. The van der Waals surface area contributed by atoms with E-state index in [1.54, 1.807) is 25.2 Å². The number of carbonyl (C=O) groups is 2. The maximum Gasteiger partial charge on any atom is 0.255 e. The lowest BCUT2D eigenvalue weighted by molar-refractivity contribution is -0.120. The minimum Gasteiger partial charge on any atom is -0.492 e. The number of hydrogen-bond acceptors (Lipinski definition) is 3. The quantitative estimate of drug-likeness (QED) is 0.452. The van der Waals surface area contributed by atoms with Gasteiger partial charge in [0.25, 0.3) is 5.91 Å². The Morgan fingerprint density at radius 3 is 2.29 bits per heavy atom. The van der Waals surface area contributed by atoms with E-state index in [2.05, 4.69) is 38.7 Å². The summed E-state index contributed by atoms with van der Waals surface area (Å²) in [6.45, 7) is 0.556. The molecule has 0 fully saturated rings. The van der Waals surface area contributed by atoms with Crippen LogP contribution >= 0.6 is 15.9 Å². The molecule has 0 radical (unpaired) electrons. The van der Waals surface area contributed by atoms with Gasteiger partial charge in [-0.3, -0.25) is 9.59 Å². The Labute approximate surface area is 191 Å². The molecule has 0 aliphatic heterocycles. The van der Waals surface area contributed by atoms with E-state index in [4.69, 9.17) is 4.74 Å². The Morgan fingerprint density at radius 1 is 0.903 bits per heavy atom. The molecule has 3 rings (SSSR count). The molecular formula is C25H25BrN2O3. The molecule has 3 aromatic rings. The van der Waals surface area contributed by atoms with Gasteiger partial charge in [0.15, 0.2) is 0 Å². The molecule has 6 heteroatoms. The van der Waals surface area contributed by atoms with Gasteiger partial charge >= 0.3 is 0 Å². The predicted molar refractivity (Wildman–Crippen MR) is 127 cm³/mol. The van der Waals surface area contributed by atoms with Crippen molar-refractivity contribution < 1.29 is 14.3 Å². The minimum atomic E-state index is -0.199. The summed E-state index contributed by atoms with van der Waals surface area (Å²) < 4.78 is 6.58. The van der Waals surface area contributed by atoms with Crippen LogP contribution in [-0.4, -0.2) is 25.5 Å². The Bertz CT molecular complexity index is 1020. The third-order valence-electron chi connectivity index (χ3n) is 4.82. The zero-order valence-electron chi connectivity index (χ0n) is 17.4. The van der Waals surface area contributed by atoms with Gasteiger partial charge in [-0.1, -0.05) is 42.5 Å². The van der Waals surface area contributed by atoms with Gasteiger partial charge in [-0.15, -0.1) is 0 Å². The van der Waals surface area contributed by atoms with Crippen LogP contribution in [0, 0.1) is 0 Å². The summed E-state index contributed by atoms with van der Waals surface area (Å²) in [5.41, 5.74) is 3.49. The van der Waals surface area contributed by atoms with Gasteiger partial charge in [-0.25, -0.2) is 0 Å². The molecule has 0 aromatic heterocycles. The fourth-order valence-corrected chi connectivity index (χ4v) is 3.52. The number of nitrogens with one attached hydrogen (secondary N) is 2. The third kappa shape index (κ3) is 6.96. The van der Waals surface area contributed by atoms with Crippen molar-refractivity contribution >= 4 is 33.4 Å². The van der Waals surface area contributed by atoms with Gasteiger partial charge < -0.3 is 15.4 Å². The largest absolute Gasteiger partial charge is 0.492 e. The fourth-order valence-electron chi connectivity index (χ4n) is 3.02. The summed E-state index contributed by atoms with van der Waals surface area (Å²) in [6, 6.07) is 23.0. The van der Waals surface area contributed by atoms with Crippen LogP contribution in [0.4, 0.5) is 5.69 Å². The van der Waals surface area contributed by atoms with Gasteiger partial charge in [-0.2, -0.15) is 0 Å². The average Bonchev–Trinajstić information content (AvgIpc) is 2.80. The molecule has 160 valence electrons. The smallest absolute Gasteiger partial charge is 0.255 e. The molecule has 5 nitrogen and oxygen atoms in total. The van der Waals surface area contributed by atoms with E-state index in [1.165, 1.54) is 5.56 Å². The van der Waals surface area contributed by atoms with Gasteiger partial charge in [0.2, 0.25) is 5.91 Å². The Morgan fingerprint density at radius 2 is 1.61 bits per heavy atom. The Balaban J connectivity index is 1.53. The molecule has 3 aromatic carbocycles. The molecule has 31 heavy (non-hydrogen) atoms. The van der Waals surface area contributed by atoms with Crippen LogP contribution in [0.1, 0.15) is 27.9 Å². The molecule has 2 N–H and O–H groups in total. The Kier molecular flexibility index (Phi) is 8.24. The van der Waals surface area contributed by atoms with E-state index in [1.807, 2.05) is 42.5 Å². The molecule has 0 saturated heterocycles. The van der Waals surface area contributed by atoms with Crippen LogP contribution in [0.2, 0.25) is 0 Å². The predicted octanol–water partition coefficient (Wildman–Crippen LogP) is 5.00. The number of benzene rings is 3. The van der Waals surface area contributed by atoms with Crippen LogP contribution in [0.3, 0.4) is 0 Å². The first-order chi connectivity index (χ1) is 15.0. The van der Waals surface area contributed by atoms with Gasteiger partial charge in [-0.05, 0) is 63.8 Å². The lowest BCUT2D eigenvalue weighted by Crippen LogP contribution is -2.17. The van der Waals surface area contributed by atoms with Crippen LogP contribution in [0.25, 0.3) is 0 Å². The SMILES string of the molecule is CNC(=O)CCc1ccc(NC(=O)c2ccc(OCCc3ccccc3)c(Br)c2)cc1. The maximum atomic E-state index is 12.6. The number of carbonyl (C=O) groups excluding carboxylic acids is 2. The fraction of sp³-hybridized carbons (Fsp3) is 0.200. The molecule has 0 heterocycles.